The number of carbonyl (C=O) groups excluding carboxylic acids is 2. The molecular weight excluding hydrogens is 428 g/mol. The molecule has 2 fully saturated rings. The van der Waals surface area contributed by atoms with E-state index in [-0.39, 0.29) is 29.6 Å². The molecule has 4 aliphatic rings. The zero-order valence-corrected chi connectivity index (χ0v) is 19.3. The maximum absolute atomic E-state index is 13.2. The lowest BCUT2D eigenvalue weighted by Crippen LogP contribution is -2.47. The first kappa shape index (κ1) is 21.3. The Balaban J connectivity index is 1.10. The van der Waals surface area contributed by atoms with Crippen molar-refractivity contribution >= 4 is 17.9 Å². The smallest absolute Gasteiger partial charge is 0.231 e. The third-order valence-electron chi connectivity index (χ3n) is 8.12. The summed E-state index contributed by atoms with van der Waals surface area (Å²) in [5.74, 6) is 1.76. The number of ether oxygens (including phenoxy) is 2. The summed E-state index contributed by atoms with van der Waals surface area (Å²) in [5.41, 5.74) is 3.49. The SMILES string of the molecule is O=C1CCC(CCC(=O)N2CCC3(C=Cc4ccccc43)CC2)(Cc2ccc3c(c2)OCO3)N1. The lowest BCUT2D eigenvalue weighted by atomic mass is 9.74. The van der Waals surface area contributed by atoms with Crippen LogP contribution in [0.15, 0.2) is 48.5 Å². The summed E-state index contributed by atoms with van der Waals surface area (Å²) >= 11 is 0. The van der Waals surface area contributed by atoms with E-state index in [9.17, 15) is 9.59 Å². The minimum Gasteiger partial charge on any atom is -0.454 e. The summed E-state index contributed by atoms with van der Waals surface area (Å²) in [5, 5.41) is 3.20. The van der Waals surface area contributed by atoms with Gasteiger partial charge in [-0.1, -0.05) is 42.5 Å². The number of piperidine rings is 1. The maximum atomic E-state index is 13.2. The number of likely N-dealkylation sites (tertiary alicyclic amines) is 1. The van der Waals surface area contributed by atoms with Crippen molar-refractivity contribution in [3.05, 3.63) is 65.2 Å². The van der Waals surface area contributed by atoms with Gasteiger partial charge in [-0.05, 0) is 60.9 Å². The molecule has 176 valence electrons. The molecule has 34 heavy (non-hydrogen) atoms. The zero-order chi connectivity index (χ0) is 23.2. The van der Waals surface area contributed by atoms with Gasteiger partial charge >= 0.3 is 0 Å². The molecule has 1 N–H and O–H groups in total. The predicted molar refractivity (Wildman–Crippen MR) is 129 cm³/mol. The lowest BCUT2D eigenvalue weighted by molar-refractivity contribution is -0.133. The Bertz CT molecular complexity index is 1160. The monoisotopic (exact) mass is 458 g/mol. The van der Waals surface area contributed by atoms with Crippen LogP contribution in [0.2, 0.25) is 0 Å². The topological polar surface area (TPSA) is 67.9 Å². The fraction of sp³-hybridized carbons (Fsp3) is 0.429. The second-order valence-corrected chi connectivity index (χ2v) is 10.2. The molecule has 2 aromatic rings. The van der Waals surface area contributed by atoms with Crippen LogP contribution in [0.3, 0.4) is 0 Å². The molecule has 0 bridgehead atoms. The molecule has 3 aliphatic heterocycles. The van der Waals surface area contributed by atoms with Crippen molar-refractivity contribution in [1.82, 2.24) is 10.2 Å². The average molecular weight is 459 g/mol. The standard InChI is InChI=1S/C28H30N2O4/c31-25-8-11-28(29-25,18-20-5-6-23-24(17-20)34-19-33-23)12-9-26(32)30-15-13-27(14-16-30)10-7-21-3-1-2-4-22(21)27/h1-7,10,17H,8-9,11-16,18-19H2,(H,29,31). The summed E-state index contributed by atoms with van der Waals surface area (Å²) < 4.78 is 10.9. The molecule has 1 unspecified atom stereocenters. The van der Waals surface area contributed by atoms with E-state index in [1.807, 2.05) is 23.1 Å². The molecule has 0 saturated carbocycles. The molecule has 2 saturated heterocycles. The Kier molecular flexibility index (Phi) is 5.12. The van der Waals surface area contributed by atoms with Gasteiger partial charge in [-0.15, -0.1) is 0 Å². The molecule has 2 aromatic carbocycles. The lowest BCUT2D eigenvalue weighted by Gasteiger charge is -2.40. The highest BCUT2D eigenvalue weighted by Crippen LogP contribution is 2.44. The van der Waals surface area contributed by atoms with Gasteiger partial charge in [-0.25, -0.2) is 0 Å². The van der Waals surface area contributed by atoms with E-state index < -0.39 is 0 Å². The first-order valence-electron chi connectivity index (χ1n) is 12.3. The summed E-state index contributed by atoms with van der Waals surface area (Å²) in [6, 6.07) is 14.5. The fourth-order valence-electron chi connectivity index (χ4n) is 6.15. The number of rotatable bonds is 5. The minimum atomic E-state index is -0.384. The highest BCUT2D eigenvalue weighted by Gasteiger charge is 2.41. The van der Waals surface area contributed by atoms with Crippen LogP contribution in [-0.4, -0.2) is 42.1 Å². The van der Waals surface area contributed by atoms with Crippen LogP contribution in [0.4, 0.5) is 0 Å². The van der Waals surface area contributed by atoms with Crippen molar-refractivity contribution in [2.24, 2.45) is 0 Å². The van der Waals surface area contributed by atoms with Crippen molar-refractivity contribution in [1.29, 1.82) is 0 Å². The molecule has 1 aliphatic carbocycles. The Morgan fingerprint density at radius 2 is 1.85 bits per heavy atom. The first-order chi connectivity index (χ1) is 16.5. The Hall–Kier alpha value is -3.28. The first-order valence-corrected chi connectivity index (χ1v) is 12.3. The zero-order valence-electron chi connectivity index (χ0n) is 19.3. The molecule has 3 heterocycles. The van der Waals surface area contributed by atoms with Crippen LogP contribution in [0, 0.1) is 0 Å². The van der Waals surface area contributed by atoms with Gasteiger partial charge in [-0.2, -0.15) is 0 Å². The Morgan fingerprint density at radius 3 is 2.68 bits per heavy atom. The quantitative estimate of drug-likeness (QED) is 0.736. The van der Waals surface area contributed by atoms with Crippen LogP contribution >= 0.6 is 0 Å². The van der Waals surface area contributed by atoms with E-state index in [2.05, 4.69) is 41.7 Å². The van der Waals surface area contributed by atoms with E-state index in [1.165, 1.54) is 11.1 Å². The van der Waals surface area contributed by atoms with Crippen LogP contribution in [-0.2, 0) is 21.4 Å². The molecular formula is C28H30N2O4. The van der Waals surface area contributed by atoms with Gasteiger partial charge < -0.3 is 19.7 Å². The number of fused-ring (bicyclic) bond motifs is 3. The highest BCUT2D eigenvalue weighted by molar-refractivity contribution is 5.80. The molecule has 1 spiro atoms. The largest absolute Gasteiger partial charge is 0.454 e. The van der Waals surface area contributed by atoms with Crippen molar-refractivity contribution in [3.63, 3.8) is 0 Å². The molecule has 0 radical (unpaired) electrons. The van der Waals surface area contributed by atoms with Crippen LogP contribution < -0.4 is 14.8 Å². The molecule has 6 heteroatoms. The number of nitrogens with one attached hydrogen (secondary N) is 1. The van der Waals surface area contributed by atoms with Crippen molar-refractivity contribution in [3.8, 4) is 11.5 Å². The van der Waals surface area contributed by atoms with Gasteiger partial charge in [0.1, 0.15) is 0 Å². The van der Waals surface area contributed by atoms with Crippen molar-refractivity contribution < 1.29 is 19.1 Å². The third kappa shape index (κ3) is 3.75. The van der Waals surface area contributed by atoms with Crippen molar-refractivity contribution in [2.75, 3.05) is 19.9 Å². The third-order valence-corrected chi connectivity index (χ3v) is 8.12. The Labute approximate surface area is 199 Å². The molecule has 1 atom stereocenters. The minimum absolute atomic E-state index is 0.0693. The second kappa shape index (κ2) is 8.19. The van der Waals surface area contributed by atoms with E-state index in [0.29, 0.717) is 25.7 Å². The number of amides is 2. The highest BCUT2D eigenvalue weighted by atomic mass is 16.7. The Morgan fingerprint density at radius 1 is 1.03 bits per heavy atom. The number of carbonyl (C=O) groups is 2. The van der Waals surface area contributed by atoms with E-state index in [1.54, 1.807) is 0 Å². The van der Waals surface area contributed by atoms with Gasteiger partial charge in [0.25, 0.3) is 0 Å². The van der Waals surface area contributed by atoms with Crippen molar-refractivity contribution in [2.45, 2.75) is 55.9 Å². The number of hydrogen-bond donors (Lipinski definition) is 1. The summed E-state index contributed by atoms with van der Waals surface area (Å²) in [7, 11) is 0. The van der Waals surface area contributed by atoms with Crippen LogP contribution in [0.1, 0.15) is 55.2 Å². The summed E-state index contributed by atoms with van der Waals surface area (Å²) in [6.45, 7) is 1.80. The van der Waals surface area contributed by atoms with Crippen LogP contribution in [0.25, 0.3) is 6.08 Å². The normalized spacial score (nSPS) is 23.9. The summed E-state index contributed by atoms with van der Waals surface area (Å²) in [6.07, 6.45) is 9.54. The predicted octanol–water partition coefficient (Wildman–Crippen LogP) is 3.97. The van der Waals surface area contributed by atoms with Gasteiger partial charge in [0, 0.05) is 36.9 Å². The molecule has 2 amide bonds. The maximum Gasteiger partial charge on any atom is 0.231 e. The van der Waals surface area contributed by atoms with Gasteiger partial charge in [-0.3, -0.25) is 9.59 Å². The van der Waals surface area contributed by atoms with E-state index in [0.717, 1.165) is 49.4 Å². The average Bonchev–Trinajstić information content (AvgIpc) is 3.56. The van der Waals surface area contributed by atoms with Crippen LogP contribution in [0.5, 0.6) is 11.5 Å². The fourth-order valence-corrected chi connectivity index (χ4v) is 6.15. The molecule has 0 aromatic heterocycles. The van der Waals surface area contributed by atoms with Gasteiger partial charge in [0.2, 0.25) is 18.6 Å². The van der Waals surface area contributed by atoms with E-state index in [4.69, 9.17) is 9.47 Å². The molecule has 6 nitrogen and oxygen atoms in total. The number of nitrogens with zero attached hydrogens (tertiary/aromatic N) is 1. The number of allylic oxidation sites excluding steroid dienone is 1. The van der Waals surface area contributed by atoms with E-state index >= 15 is 0 Å². The van der Waals surface area contributed by atoms with Gasteiger partial charge in [0.05, 0.1) is 0 Å². The number of benzene rings is 2. The van der Waals surface area contributed by atoms with Gasteiger partial charge in [0.15, 0.2) is 11.5 Å². The molecule has 6 rings (SSSR count). The summed E-state index contributed by atoms with van der Waals surface area (Å²) in [4.78, 5) is 27.4. The second-order valence-electron chi connectivity index (χ2n) is 10.2. The number of hydrogen-bond acceptors (Lipinski definition) is 4.